The Labute approximate surface area is 151 Å². The summed E-state index contributed by atoms with van der Waals surface area (Å²) in [4.78, 5) is 17.5. The van der Waals surface area contributed by atoms with Crippen LogP contribution in [-0.4, -0.2) is 56.7 Å². The number of ether oxygens (including phenoxy) is 1. The Kier molecular flexibility index (Phi) is 8.91. The van der Waals surface area contributed by atoms with Gasteiger partial charge in [0.1, 0.15) is 6.61 Å². The highest BCUT2D eigenvalue weighted by atomic mass is 19.4. The molecular formula is C17H25F3N4O2. The Morgan fingerprint density at radius 2 is 1.77 bits per heavy atom. The Hall–Kier alpha value is -2.29. The number of hydrogen-bond acceptors (Lipinski definition) is 3. The second kappa shape index (κ2) is 10.6. The summed E-state index contributed by atoms with van der Waals surface area (Å²) in [6.45, 7) is 1.71. The summed E-state index contributed by atoms with van der Waals surface area (Å²) in [6, 6.07) is 6.98. The highest BCUT2D eigenvalue weighted by Crippen LogP contribution is 2.16. The van der Waals surface area contributed by atoms with Gasteiger partial charge in [-0.1, -0.05) is 24.3 Å². The summed E-state index contributed by atoms with van der Waals surface area (Å²) < 4.78 is 40.7. The molecule has 6 nitrogen and oxygen atoms in total. The van der Waals surface area contributed by atoms with Gasteiger partial charge >= 0.3 is 6.18 Å². The largest absolute Gasteiger partial charge is 0.411 e. The van der Waals surface area contributed by atoms with Gasteiger partial charge in [-0.15, -0.1) is 0 Å². The van der Waals surface area contributed by atoms with Crippen molar-refractivity contribution in [1.29, 1.82) is 0 Å². The average Bonchev–Trinajstić information content (AvgIpc) is 2.57. The van der Waals surface area contributed by atoms with Crippen LogP contribution in [-0.2, 0) is 22.7 Å². The molecule has 0 saturated heterocycles. The molecule has 0 heterocycles. The zero-order valence-electron chi connectivity index (χ0n) is 15.2. The van der Waals surface area contributed by atoms with Gasteiger partial charge in [-0.25, -0.2) is 4.99 Å². The number of likely N-dealkylation sites (N-methyl/N-ethyl adjacent to an activating group) is 1. The van der Waals surface area contributed by atoms with Crippen LogP contribution in [0.15, 0.2) is 29.3 Å². The molecule has 146 valence electrons. The van der Waals surface area contributed by atoms with Crippen LogP contribution in [0.25, 0.3) is 0 Å². The van der Waals surface area contributed by atoms with Crippen molar-refractivity contribution in [3.63, 3.8) is 0 Å². The molecule has 1 aromatic carbocycles. The van der Waals surface area contributed by atoms with Crippen LogP contribution in [0.5, 0.6) is 0 Å². The van der Waals surface area contributed by atoms with E-state index in [0.717, 1.165) is 5.56 Å². The molecule has 1 amide bonds. The Morgan fingerprint density at radius 1 is 1.15 bits per heavy atom. The summed E-state index contributed by atoms with van der Waals surface area (Å²) in [5, 5.41) is 5.99. The van der Waals surface area contributed by atoms with Crippen molar-refractivity contribution in [3.05, 3.63) is 35.4 Å². The third kappa shape index (κ3) is 9.26. The van der Waals surface area contributed by atoms with Gasteiger partial charge in [-0.3, -0.25) is 4.79 Å². The maximum Gasteiger partial charge on any atom is 0.411 e. The summed E-state index contributed by atoms with van der Waals surface area (Å²) in [5.74, 6) is 0.444. The van der Waals surface area contributed by atoms with E-state index in [9.17, 15) is 18.0 Å². The van der Waals surface area contributed by atoms with Crippen molar-refractivity contribution in [3.8, 4) is 0 Å². The van der Waals surface area contributed by atoms with Gasteiger partial charge < -0.3 is 20.3 Å². The van der Waals surface area contributed by atoms with E-state index in [1.54, 1.807) is 38.4 Å². The number of alkyl halides is 3. The van der Waals surface area contributed by atoms with Crippen LogP contribution in [0.3, 0.4) is 0 Å². The van der Waals surface area contributed by atoms with Crippen LogP contribution >= 0.6 is 0 Å². The van der Waals surface area contributed by atoms with Gasteiger partial charge in [-0.2, -0.15) is 13.2 Å². The lowest BCUT2D eigenvalue weighted by Crippen LogP contribution is -2.42. The molecule has 0 aliphatic rings. The number of carbonyl (C=O) groups excluding carboxylic acids is 1. The smallest absolute Gasteiger partial charge is 0.367 e. The minimum Gasteiger partial charge on any atom is -0.367 e. The van der Waals surface area contributed by atoms with Crippen LogP contribution < -0.4 is 10.6 Å². The molecule has 9 heteroatoms. The van der Waals surface area contributed by atoms with Crippen molar-refractivity contribution < 1.29 is 22.7 Å². The summed E-state index contributed by atoms with van der Waals surface area (Å²) >= 11 is 0. The minimum atomic E-state index is -4.32. The van der Waals surface area contributed by atoms with Crippen molar-refractivity contribution in [2.45, 2.75) is 26.3 Å². The zero-order valence-corrected chi connectivity index (χ0v) is 15.2. The second-order valence-corrected chi connectivity index (χ2v) is 5.76. The van der Waals surface area contributed by atoms with Crippen molar-refractivity contribution in [1.82, 2.24) is 15.5 Å². The normalized spacial score (nSPS) is 12.0. The summed E-state index contributed by atoms with van der Waals surface area (Å²) in [6.07, 6.45) is -4.32. The molecule has 0 aliphatic heterocycles. The fraction of sp³-hybridized carbons (Fsp3) is 0.529. The Bertz CT molecular complexity index is 587. The predicted octanol–water partition coefficient (Wildman–Crippen LogP) is 1.91. The quantitative estimate of drug-likeness (QED) is 0.539. The molecule has 26 heavy (non-hydrogen) atoms. The summed E-state index contributed by atoms with van der Waals surface area (Å²) in [5.41, 5.74) is 1.55. The zero-order chi connectivity index (χ0) is 19.6. The highest BCUT2D eigenvalue weighted by Gasteiger charge is 2.27. The number of nitrogens with zero attached hydrogens (tertiary/aromatic N) is 2. The number of aliphatic imine (C=N–C) groups is 1. The molecule has 0 bridgehead atoms. The lowest BCUT2D eigenvalue weighted by atomic mass is 10.1. The van der Waals surface area contributed by atoms with E-state index in [4.69, 9.17) is 0 Å². The molecule has 0 saturated carbocycles. The highest BCUT2D eigenvalue weighted by molar-refractivity contribution is 5.86. The second-order valence-electron chi connectivity index (χ2n) is 5.76. The van der Waals surface area contributed by atoms with E-state index in [0.29, 0.717) is 24.6 Å². The number of hydrogen-bond donors (Lipinski definition) is 2. The SMILES string of the molecule is CCNC(=NCc1ccc(COCC(F)(F)F)cc1)NCC(=O)N(C)C. The molecule has 0 spiro atoms. The van der Waals surface area contributed by atoms with E-state index in [1.165, 1.54) is 4.90 Å². The van der Waals surface area contributed by atoms with E-state index < -0.39 is 12.8 Å². The minimum absolute atomic E-state index is 0.0705. The molecule has 0 atom stereocenters. The van der Waals surface area contributed by atoms with E-state index in [2.05, 4.69) is 20.4 Å². The Balaban J connectivity index is 2.54. The predicted molar refractivity (Wildman–Crippen MR) is 93.7 cm³/mol. The number of guanidine groups is 1. The van der Waals surface area contributed by atoms with E-state index in [-0.39, 0.29) is 19.1 Å². The maximum atomic E-state index is 12.0. The number of halogens is 3. The first-order chi connectivity index (χ1) is 12.2. The lowest BCUT2D eigenvalue weighted by Gasteiger charge is -2.14. The lowest BCUT2D eigenvalue weighted by molar-refractivity contribution is -0.176. The monoisotopic (exact) mass is 374 g/mol. The van der Waals surface area contributed by atoms with Gasteiger partial charge in [0, 0.05) is 20.6 Å². The van der Waals surface area contributed by atoms with Crippen LogP contribution in [0.2, 0.25) is 0 Å². The fourth-order valence-corrected chi connectivity index (χ4v) is 1.86. The average molecular weight is 374 g/mol. The third-order valence-corrected chi connectivity index (χ3v) is 3.23. The van der Waals surface area contributed by atoms with Crippen molar-refractivity contribution in [2.75, 3.05) is 33.8 Å². The van der Waals surface area contributed by atoms with E-state index in [1.807, 2.05) is 6.92 Å². The summed E-state index contributed by atoms with van der Waals surface area (Å²) in [7, 11) is 3.35. The van der Waals surface area contributed by atoms with Gasteiger partial charge in [0.2, 0.25) is 5.91 Å². The molecular weight excluding hydrogens is 349 g/mol. The van der Waals surface area contributed by atoms with Crippen molar-refractivity contribution in [2.24, 2.45) is 4.99 Å². The molecule has 0 radical (unpaired) electrons. The topological polar surface area (TPSA) is 66.0 Å². The number of amides is 1. The molecule has 0 unspecified atom stereocenters. The Morgan fingerprint density at radius 3 is 2.31 bits per heavy atom. The first kappa shape index (κ1) is 21.8. The number of carbonyl (C=O) groups is 1. The number of benzene rings is 1. The van der Waals surface area contributed by atoms with Crippen LogP contribution in [0.4, 0.5) is 13.2 Å². The first-order valence-corrected chi connectivity index (χ1v) is 8.16. The molecule has 2 N–H and O–H groups in total. The number of nitrogens with one attached hydrogen (secondary N) is 2. The molecule has 0 aromatic heterocycles. The molecule has 0 fully saturated rings. The third-order valence-electron chi connectivity index (χ3n) is 3.23. The molecule has 0 aliphatic carbocycles. The van der Waals surface area contributed by atoms with Gasteiger partial charge in [0.05, 0.1) is 19.7 Å². The number of rotatable bonds is 8. The van der Waals surface area contributed by atoms with Crippen LogP contribution in [0, 0.1) is 0 Å². The van der Waals surface area contributed by atoms with Gasteiger partial charge in [0.25, 0.3) is 0 Å². The van der Waals surface area contributed by atoms with Gasteiger partial charge in [0.15, 0.2) is 5.96 Å². The molecule has 1 aromatic rings. The van der Waals surface area contributed by atoms with E-state index >= 15 is 0 Å². The van der Waals surface area contributed by atoms with Crippen LogP contribution in [0.1, 0.15) is 18.1 Å². The first-order valence-electron chi connectivity index (χ1n) is 8.16. The fourth-order valence-electron chi connectivity index (χ4n) is 1.86. The standard InChI is InChI=1S/C17H25F3N4O2/c1-4-21-16(23-10-15(25)24(2)3)22-9-13-5-7-14(8-6-13)11-26-12-17(18,19)20/h5-8H,4,9-12H2,1-3H3,(H2,21,22,23). The molecule has 1 rings (SSSR count). The van der Waals surface area contributed by atoms with Crippen molar-refractivity contribution >= 4 is 11.9 Å². The van der Waals surface area contributed by atoms with Gasteiger partial charge in [-0.05, 0) is 18.1 Å². The maximum absolute atomic E-state index is 12.0.